The number of piperidine rings is 1. The molecule has 0 atom stereocenters. The van der Waals surface area contributed by atoms with Crippen molar-refractivity contribution >= 4 is 22.3 Å². The molecule has 0 saturated carbocycles. The first-order valence-electron chi connectivity index (χ1n) is 8.46. The summed E-state index contributed by atoms with van der Waals surface area (Å²) in [7, 11) is 0. The summed E-state index contributed by atoms with van der Waals surface area (Å²) >= 11 is 1.60. The Balaban J connectivity index is 1.32. The van der Waals surface area contributed by atoms with Gasteiger partial charge in [-0.2, -0.15) is 9.61 Å². The van der Waals surface area contributed by atoms with E-state index in [1.165, 1.54) is 0 Å². The average Bonchev–Trinajstić information content (AvgIpc) is 3.23. The van der Waals surface area contributed by atoms with Crippen molar-refractivity contribution in [1.82, 2.24) is 30.0 Å². The smallest absolute Gasteiger partial charge is 0.317 e. The zero-order chi connectivity index (χ0) is 17.2. The molecule has 8 heteroatoms. The molecule has 0 radical (unpaired) electrons. The third-order valence-electron chi connectivity index (χ3n) is 4.58. The fourth-order valence-electron chi connectivity index (χ4n) is 3.11. The molecule has 0 aliphatic carbocycles. The van der Waals surface area contributed by atoms with Crippen molar-refractivity contribution in [3.05, 3.63) is 46.7 Å². The second-order valence-corrected chi connectivity index (χ2v) is 7.28. The van der Waals surface area contributed by atoms with E-state index in [9.17, 15) is 4.79 Å². The second-order valence-electron chi connectivity index (χ2n) is 6.29. The largest absolute Gasteiger partial charge is 0.334 e. The van der Waals surface area contributed by atoms with Gasteiger partial charge in [-0.3, -0.25) is 0 Å². The van der Waals surface area contributed by atoms with E-state index < -0.39 is 0 Å². The highest BCUT2D eigenvalue weighted by Gasteiger charge is 2.26. The van der Waals surface area contributed by atoms with E-state index in [0.29, 0.717) is 12.5 Å². The number of benzene rings is 1. The van der Waals surface area contributed by atoms with Gasteiger partial charge in [-0.1, -0.05) is 41.7 Å². The predicted molar refractivity (Wildman–Crippen MR) is 95.6 cm³/mol. The highest BCUT2D eigenvalue weighted by atomic mass is 32.1. The number of nitrogens with one attached hydrogen (secondary N) is 1. The first-order valence-corrected chi connectivity index (χ1v) is 9.28. The zero-order valence-corrected chi connectivity index (χ0v) is 14.9. The molecule has 3 aromatic rings. The molecule has 3 heterocycles. The van der Waals surface area contributed by atoms with Crippen molar-refractivity contribution in [3.8, 4) is 0 Å². The molecule has 1 aliphatic rings. The number of carbonyl (C=O) groups excluding carboxylic acids is 1. The number of nitrogens with zero attached hydrogens (tertiary/aromatic N) is 5. The summed E-state index contributed by atoms with van der Waals surface area (Å²) in [5.41, 5.74) is 1.11. The van der Waals surface area contributed by atoms with Crippen LogP contribution in [0.25, 0.3) is 4.96 Å². The van der Waals surface area contributed by atoms with Gasteiger partial charge in [0.2, 0.25) is 4.96 Å². The number of likely N-dealkylation sites (tertiary alicyclic amines) is 1. The van der Waals surface area contributed by atoms with Crippen LogP contribution in [-0.2, 0) is 6.54 Å². The molecule has 130 valence electrons. The molecule has 1 fully saturated rings. The molecule has 2 amide bonds. The number of aromatic nitrogens is 4. The summed E-state index contributed by atoms with van der Waals surface area (Å²) in [5, 5.41) is 16.9. The highest BCUT2D eigenvalue weighted by molar-refractivity contribution is 7.16. The van der Waals surface area contributed by atoms with Crippen LogP contribution in [0.5, 0.6) is 0 Å². The van der Waals surface area contributed by atoms with Crippen LogP contribution < -0.4 is 5.32 Å². The number of aryl methyl sites for hydroxylation is 1. The number of carbonyl (C=O) groups is 1. The molecular weight excluding hydrogens is 336 g/mol. The van der Waals surface area contributed by atoms with Crippen molar-refractivity contribution < 1.29 is 4.79 Å². The number of urea groups is 1. The normalized spacial score (nSPS) is 15.6. The number of hydrogen-bond donors (Lipinski definition) is 1. The van der Waals surface area contributed by atoms with Crippen molar-refractivity contribution in [1.29, 1.82) is 0 Å². The average molecular weight is 356 g/mol. The Morgan fingerprint density at radius 1 is 1.24 bits per heavy atom. The van der Waals surface area contributed by atoms with Gasteiger partial charge >= 0.3 is 6.03 Å². The summed E-state index contributed by atoms with van der Waals surface area (Å²) in [6.07, 6.45) is 1.86. The molecule has 25 heavy (non-hydrogen) atoms. The second kappa shape index (κ2) is 6.79. The van der Waals surface area contributed by atoms with Crippen molar-refractivity contribution in [3.63, 3.8) is 0 Å². The van der Waals surface area contributed by atoms with Crippen LogP contribution in [-0.4, -0.2) is 43.8 Å². The Hall–Kier alpha value is -2.48. The maximum atomic E-state index is 12.3. The monoisotopic (exact) mass is 356 g/mol. The lowest BCUT2D eigenvalue weighted by molar-refractivity contribution is 0.181. The fraction of sp³-hybridized carbons (Fsp3) is 0.412. The first-order chi connectivity index (χ1) is 12.2. The molecule has 0 bridgehead atoms. The van der Waals surface area contributed by atoms with Crippen LogP contribution >= 0.6 is 11.3 Å². The van der Waals surface area contributed by atoms with Crippen molar-refractivity contribution in [2.45, 2.75) is 32.2 Å². The van der Waals surface area contributed by atoms with E-state index >= 15 is 0 Å². The van der Waals surface area contributed by atoms with Crippen molar-refractivity contribution in [2.75, 3.05) is 13.1 Å². The minimum absolute atomic E-state index is 0.0105. The van der Waals surface area contributed by atoms with Crippen LogP contribution in [0, 0.1) is 6.92 Å². The summed E-state index contributed by atoms with van der Waals surface area (Å²) < 4.78 is 1.80. The molecule has 1 saturated heterocycles. The van der Waals surface area contributed by atoms with Crippen LogP contribution in [0.1, 0.15) is 35.2 Å². The molecular formula is C17H20N6OS. The van der Waals surface area contributed by atoms with E-state index in [-0.39, 0.29) is 6.03 Å². The number of fused-ring (bicyclic) bond motifs is 1. The van der Waals surface area contributed by atoms with Crippen LogP contribution in [0.3, 0.4) is 0 Å². The molecule has 1 aromatic carbocycles. The Kier molecular flexibility index (Phi) is 4.35. The zero-order valence-electron chi connectivity index (χ0n) is 14.1. The molecule has 1 aliphatic heterocycles. The molecule has 0 spiro atoms. The lowest BCUT2D eigenvalue weighted by Crippen LogP contribution is -2.43. The van der Waals surface area contributed by atoms with E-state index in [4.69, 9.17) is 0 Å². The number of amides is 2. The molecule has 1 N–H and O–H groups in total. The minimum Gasteiger partial charge on any atom is -0.334 e. The van der Waals surface area contributed by atoms with Gasteiger partial charge in [0.15, 0.2) is 5.82 Å². The van der Waals surface area contributed by atoms with Gasteiger partial charge in [0.05, 0.1) is 0 Å². The Labute approximate surface area is 149 Å². The Morgan fingerprint density at radius 3 is 2.72 bits per heavy atom. The summed E-state index contributed by atoms with van der Waals surface area (Å²) in [6.45, 7) is 3.98. The van der Waals surface area contributed by atoms with Gasteiger partial charge in [-0.15, -0.1) is 10.2 Å². The fourth-order valence-corrected chi connectivity index (χ4v) is 4.16. The highest BCUT2D eigenvalue weighted by Crippen LogP contribution is 2.31. The summed E-state index contributed by atoms with van der Waals surface area (Å²) in [4.78, 5) is 15.1. The quantitative estimate of drug-likeness (QED) is 0.783. The topological polar surface area (TPSA) is 75.4 Å². The Morgan fingerprint density at radius 2 is 2.00 bits per heavy atom. The van der Waals surface area contributed by atoms with Gasteiger partial charge in [-0.25, -0.2) is 4.79 Å². The van der Waals surface area contributed by atoms with E-state index in [0.717, 1.165) is 47.3 Å². The maximum absolute atomic E-state index is 12.3. The lowest BCUT2D eigenvalue weighted by atomic mass is 9.98. The third kappa shape index (κ3) is 3.34. The Bertz CT molecular complexity index is 866. The summed E-state index contributed by atoms with van der Waals surface area (Å²) in [5.74, 6) is 1.21. The first kappa shape index (κ1) is 16.0. The van der Waals surface area contributed by atoms with Gasteiger partial charge in [0.1, 0.15) is 5.01 Å². The molecule has 4 rings (SSSR count). The molecule has 2 aromatic heterocycles. The van der Waals surface area contributed by atoms with Crippen LogP contribution in [0.2, 0.25) is 0 Å². The van der Waals surface area contributed by atoms with E-state index in [2.05, 4.69) is 20.6 Å². The van der Waals surface area contributed by atoms with Crippen LogP contribution in [0.15, 0.2) is 30.3 Å². The van der Waals surface area contributed by atoms with Gasteiger partial charge in [0.25, 0.3) is 0 Å². The van der Waals surface area contributed by atoms with E-state index in [1.54, 1.807) is 15.9 Å². The number of rotatable bonds is 3. The van der Waals surface area contributed by atoms with Crippen molar-refractivity contribution in [2.24, 2.45) is 0 Å². The third-order valence-corrected chi connectivity index (χ3v) is 5.64. The standard InChI is InChI=1S/C17H20N6OS/c1-12-19-20-17-23(12)21-15(25-17)14-7-9-22(10-8-14)16(24)18-11-13-5-3-2-4-6-13/h2-6,14H,7-11H2,1H3,(H,18,24). The maximum Gasteiger partial charge on any atom is 0.317 e. The SMILES string of the molecule is Cc1nnc2sc(C3CCN(C(=O)NCc4ccccc4)CC3)nn12. The van der Waals surface area contributed by atoms with Gasteiger partial charge < -0.3 is 10.2 Å². The van der Waals surface area contributed by atoms with Crippen LogP contribution in [0.4, 0.5) is 4.79 Å². The predicted octanol–water partition coefficient (Wildman–Crippen LogP) is 2.58. The molecule has 0 unspecified atom stereocenters. The number of hydrogen-bond acceptors (Lipinski definition) is 5. The van der Waals surface area contributed by atoms with Gasteiger partial charge in [0, 0.05) is 25.6 Å². The summed E-state index contributed by atoms with van der Waals surface area (Å²) in [6, 6.07) is 9.98. The van der Waals surface area contributed by atoms with Gasteiger partial charge in [-0.05, 0) is 25.3 Å². The van der Waals surface area contributed by atoms with E-state index in [1.807, 2.05) is 42.2 Å². The molecule has 7 nitrogen and oxygen atoms in total. The lowest BCUT2D eigenvalue weighted by Gasteiger charge is -2.31. The minimum atomic E-state index is 0.0105.